The molecule has 0 amide bonds. The lowest BCUT2D eigenvalue weighted by Crippen LogP contribution is -1.89. The number of methoxy groups -OCH3 is 1. The maximum atomic E-state index is 5.43. The second-order valence-electron chi connectivity index (χ2n) is 5.06. The van der Waals surface area contributed by atoms with Gasteiger partial charge in [-0.2, -0.15) is 0 Å². The number of rotatable bonds is 4. The van der Waals surface area contributed by atoms with Crippen molar-refractivity contribution in [3.63, 3.8) is 0 Å². The molecule has 21 heavy (non-hydrogen) atoms. The van der Waals surface area contributed by atoms with Crippen LogP contribution < -0.4 is 4.74 Å². The van der Waals surface area contributed by atoms with E-state index in [9.17, 15) is 0 Å². The molecular weight excluding hydrogens is 256 g/mol. The van der Waals surface area contributed by atoms with Crippen LogP contribution in [0.15, 0.2) is 78.9 Å². The zero-order valence-electron chi connectivity index (χ0n) is 12.1. The lowest BCUT2D eigenvalue weighted by molar-refractivity contribution is 0.416. The van der Waals surface area contributed by atoms with E-state index in [1.54, 1.807) is 7.11 Å². The third kappa shape index (κ3) is 3.14. The monoisotopic (exact) mass is 274 g/mol. The average molecular weight is 274 g/mol. The molecule has 0 saturated carbocycles. The molecule has 0 saturated heterocycles. The molecule has 0 aliphatic heterocycles. The Morgan fingerprint density at radius 3 is 2.00 bits per heavy atom. The van der Waals surface area contributed by atoms with Crippen LogP contribution in [0, 0.1) is 0 Å². The fraction of sp³-hybridized carbons (Fsp3) is 0.100. The van der Waals surface area contributed by atoms with Crippen LogP contribution in [0.4, 0.5) is 0 Å². The standard InChI is InChI=1S/C20H18O/c1-21-20-10-6-5-9-19(20)18-13-11-17(12-14-18)15-16-7-3-2-4-8-16/h2-14H,15H2,1H3. The molecule has 3 aromatic carbocycles. The molecule has 0 aliphatic carbocycles. The second-order valence-corrected chi connectivity index (χ2v) is 5.06. The van der Waals surface area contributed by atoms with Gasteiger partial charge in [-0.05, 0) is 29.2 Å². The third-order valence-electron chi connectivity index (χ3n) is 3.62. The predicted molar refractivity (Wildman–Crippen MR) is 87.7 cm³/mol. The van der Waals surface area contributed by atoms with Crippen LogP contribution in [0.25, 0.3) is 11.1 Å². The Balaban J connectivity index is 1.84. The molecule has 0 heterocycles. The molecule has 0 spiro atoms. The Morgan fingerprint density at radius 2 is 1.29 bits per heavy atom. The smallest absolute Gasteiger partial charge is 0.126 e. The summed E-state index contributed by atoms with van der Waals surface area (Å²) in [5.74, 6) is 0.910. The summed E-state index contributed by atoms with van der Waals surface area (Å²) in [7, 11) is 1.71. The SMILES string of the molecule is COc1ccccc1-c1ccc(Cc2ccccc2)cc1. The molecule has 0 aromatic heterocycles. The summed E-state index contributed by atoms with van der Waals surface area (Å²) < 4.78 is 5.43. The molecule has 1 heteroatoms. The molecule has 0 fully saturated rings. The molecule has 0 aliphatic rings. The van der Waals surface area contributed by atoms with Gasteiger partial charge in [0.1, 0.15) is 5.75 Å². The first-order valence-electron chi connectivity index (χ1n) is 7.13. The van der Waals surface area contributed by atoms with Crippen molar-refractivity contribution in [2.45, 2.75) is 6.42 Å². The Labute approximate surface area is 125 Å². The van der Waals surface area contributed by atoms with Crippen LogP contribution in [0.5, 0.6) is 5.75 Å². The summed E-state index contributed by atoms with van der Waals surface area (Å²) in [4.78, 5) is 0. The zero-order chi connectivity index (χ0) is 14.5. The van der Waals surface area contributed by atoms with E-state index in [0.717, 1.165) is 17.7 Å². The lowest BCUT2D eigenvalue weighted by Gasteiger charge is -2.09. The van der Waals surface area contributed by atoms with Crippen molar-refractivity contribution in [1.29, 1.82) is 0 Å². The van der Waals surface area contributed by atoms with Crippen LogP contribution in [0.2, 0.25) is 0 Å². The van der Waals surface area contributed by atoms with Crippen molar-refractivity contribution in [2.75, 3.05) is 7.11 Å². The normalized spacial score (nSPS) is 10.3. The lowest BCUT2D eigenvalue weighted by atomic mass is 10.00. The highest BCUT2D eigenvalue weighted by atomic mass is 16.5. The van der Waals surface area contributed by atoms with Crippen LogP contribution in [0.3, 0.4) is 0 Å². The average Bonchev–Trinajstić information content (AvgIpc) is 2.56. The molecular formula is C20H18O. The van der Waals surface area contributed by atoms with E-state index in [4.69, 9.17) is 4.74 Å². The maximum absolute atomic E-state index is 5.43. The van der Waals surface area contributed by atoms with Gasteiger partial charge in [-0.3, -0.25) is 0 Å². The second kappa shape index (κ2) is 6.27. The van der Waals surface area contributed by atoms with E-state index in [-0.39, 0.29) is 0 Å². The van der Waals surface area contributed by atoms with Gasteiger partial charge in [0.25, 0.3) is 0 Å². The fourth-order valence-corrected chi connectivity index (χ4v) is 2.52. The first-order chi connectivity index (χ1) is 10.4. The van der Waals surface area contributed by atoms with Gasteiger partial charge < -0.3 is 4.74 Å². The molecule has 0 atom stereocenters. The van der Waals surface area contributed by atoms with Gasteiger partial charge in [0.15, 0.2) is 0 Å². The molecule has 0 unspecified atom stereocenters. The van der Waals surface area contributed by atoms with E-state index < -0.39 is 0 Å². The molecule has 3 rings (SSSR count). The van der Waals surface area contributed by atoms with Crippen molar-refractivity contribution in [2.24, 2.45) is 0 Å². The largest absolute Gasteiger partial charge is 0.496 e. The Kier molecular flexibility index (Phi) is 4.02. The van der Waals surface area contributed by atoms with E-state index in [1.165, 1.54) is 16.7 Å². The van der Waals surface area contributed by atoms with Crippen molar-refractivity contribution in [3.05, 3.63) is 90.0 Å². The van der Waals surface area contributed by atoms with E-state index >= 15 is 0 Å². The highest BCUT2D eigenvalue weighted by Crippen LogP contribution is 2.29. The molecule has 3 aromatic rings. The number of hydrogen-bond donors (Lipinski definition) is 0. The van der Waals surface area contributed by atoms with Gasteiger partial charge in [-0.1, -0.05) is 72.8 Å². The number of benzene rings is 3. The summed E-state index contributed by atoms with van der Waals surface area (Å²) >= 11 is 0. The van der Waals surface area contributed by atoms with Crippen molar-refractivity contribution in [1.82, 2.24) is 0 Å². The first kappa shape index (κ1) is 13.4. The summed E-state index contributed by atoms with van der Waals surface area (Å²) in [5.41, 5.74) is 4.97. The molecule has 0 bridgehead atoms. The predicted octanol–water partition coefficient (Wildman–Crippen LogP) is 4.95. The van der Waals surface area contributed by atoms with E-state index in [2.05, 4.69) is 54.6 Å². The van der Waals surface area contributed by atoms with Gasteiger partial charge in [-0.25, -0.2) is 0 Å². The van der Waals surface area contributed by atoms with Crippen LogP contribution >= 0.6 is 0 Å². The van der Waals surface area contributed by atoms with Crippen LogP contribution in [0.1, 0.15) is 11.1 Å². The van der Waals surface area contributed by atoms with Gasteiger partial charge in [0.05, 0.1) is 7.11 Å². The topological polar surface area (TPSA) is 9.23 Å². The Morgan fingerprint density at radius 1 is 0.667 bits per heavy atom. The highest BCUT2D eigenvalue weighted by molar-refractivity contribution is 5.70. The molecule has 0 radical (unpaired) electrons. The Hall–Kier alpha value is -2.54. The maximum Gasteiger partial charge on any atom is 0.126 e. The van der Waals surface area contributed by atoms with Crippen molar-refractivity contribution >= 4 is 0 Å². The quantitative estimate of drug-likeness (QED) is 0.654. The molecule has 0 N–H and O–H groups in total. The van der Waals surface area contributed by atoms with E-state index in [1.807, 2.05) is 24.3 Å². The van der Waals surface area contributed by atoms with Crippen molar-refractivity contribution < 1.29 is 4.74 Å². The molecule has 1 nitrogen and oxygen atoms in total. The van der Waals surface area contributed by atoms with Crippen LogP contribution in [-0.2, 0) is 6.42 Å². The van der Waals surface area contributed by atoms with Gasteiger partial charge in [-0.15, -0.1) is 0 Å². The molecule has 104 valence electrons. The van der Waals surface area contributed by atoms with E-state index in [0.29, 0.717) is 0 Å². The first-order valence-corrected chi connectivity index (χ1v) is 7.13. The minimum absolute atomic E-state index is 0.910. The minimum Gasteiger partial charge on any atom is -0.496 e. The van der Waals surface area contributed by atoms with Crippen molar-refractivity contribution in [3.8, 4) is 16.9 Å². The summed E-state index contributed by atoms with van der Waals surface area (Å²) in [5, 5.41) is 0. The highest BCUT2D eigenvalue weighted by Gasteiger charge is 2.04. The number of para-hydroxylation sites is 1. The summed E-state index contributed by atoms with van der Waals surface area (Å²) in [6.45, 7) is 0. The Bertz CT molecular complexity index is 699. The number of ether oxygens (including phenoxy) is 1. The fourth-order valence-electron chi connectivity index (χ4n) is 2.52. The van der Waals surface area contributed by atoms with Gasteiger partial charge in [0, 0.05) is 5.56 Å². The minimum atomic E-state index is 0.910. The number of hydrogen-bond acceptors (Lipinski definition) is 1. The zero-order valence-corrected chi connectivity index (χ0v) is 12.1. The third-order valence-corrected chi connectivity index (χ3v) is 3.62. The summed E-state index contributed by atoms with van der Waals surface area (Å²) in [6, 6.07) is 27.4. The van der Waals surface area contributed by atoms with Gasteiger partial charge in [0.2, 0.25) is 0 Å². The van der Waals surface area contributed by atoms with Gasteiger partial charge >= 0.3 is 0 Å². The summed E-state index contributed by atoms with van der Waals surface area (Å²) in [6.07, 6.45) is 0.965. The van der Waals surface area contributed by atoms with Crippen LogP contribution in [-0.4, -0.2) is 7.11 Å².